The number of fused-ring (bicyclic) bond motifs is 2. The molecule has 20 heavy (non-hydrogen) atoms. The molecule has 1 N–H and O–H groups in total. The van der Waals surface area contributed by atoms with Crippen molar-refractivity contribution in [3.8, 4) is 0 Å². The molecule has 1 unspecified atom stereocenters. The number of benzene rings is 1. The van der Waals surface area contributed by atoms with E-state index in [2.05, 4.69) is 6.07 Å². The predicted octanol–water partition coefficient (Wildman–Crippen LogP) is 4.20. The molecular formula is C16H13FO2S. The summed E-state index contributed by atoms with van der Waals surface area (Å²) in [6.45, 7) is 0. The third kappa shape index (κ3) is 1.79. The fourth-order valence-electron chi connectivity index (χ4n) is 2.81. The van der Waals surface area contributed by atoms with E-state index >= 15 is 0 Å². The highest BCUT2D eigenvalue weighted by Gasteiger charge is 2.22. The van der Waals surface area contributed by atoms with Crippen molar-refractivity contribution in [1.82, 2.24) is 0 Å². The Kier molecular flexibility index (Phi) is 2.69. The molecule has 2 nitrogen and oxygen atoms in total. The zero-order valence-corrected chi connectivity index (χ0v) is 11.5. The van der Waals surface area contributed by atoms with Crippen molar-refractivity contribution in [3.05, 3.63) is 57.2 Å². The molecule has 0 fully saturated rings. The highest BCUT2D eigenvalue weighted by Crippen LogP contribution is 2.37. The van der Waals surface area contributed by atoms with Gasteiger partial charge in [0.1, 0.15) is 11.9 Å². The monoisotopic (exact) mass is 288 g/mol. The van der Waals surface area contributed by atoms with Gasteiger partial charge >= 0.3 is 0 Å². The van der Waals surface area contributed by atoms with Gasteiger partial charge in [0.2, 0.25) is 0 Å². The topological polar surface area (TPSA) is 33.4 Å². The maximum Gasteiger partial charge on any atom is 0.170 e. The zero-order chi connectivity index (χ0) is 13.7. The molecule has 1 aromatic carbocycles. The van der Waals surface area contributed by atoms with Gasteiger partial charge in [0.25, 0.3) is 0 Å². The van der Waals surface area contributed by atoms with Gasteiger partial charge in [0, 0.05) is 15.1 Å². The van der Waals surface area contributed by atoms with Gasteiger partial charge < -0.3 is 9.52 Å². The van der Waals surface area contributed by atoms with Crippen LogP contribution in [0.25, 0.3) is 11.0 Å². The van der Waals surface area contributed by atoms with Crippen LogP contribution in [0.4, 0.5) is 4.39 Å². The highest BCUT2D eigenvalue weighted by molar-refractivity contribution is 7.12. The average molecular weight is 288 g/mol. The van der Waals surface area contributed by atoms with Crippen molar-refractivity contribution in [1.29, 1.82) is 0 Å². The first kappa shape index (κ1) is 12.1. The summed E-state index contributed by atoms with van der Waals surface area (Å²) >= 11 is 1.64. The first-order valence-corrected chi connectivity index (χ1v) is 7.51. The minimum Gasteiger partial charge on any atom is -0.455 e. The van der Waals surface area contributed by atoms with Crippen LogP contribution in [-0.2, 0) is 12.8 Å². The Morgan fingerprint density at radius 1 is 1.25 bits per heavy atom. The van der Waals surface area contributed by atoms with Crippen LogP contribution in [0.2, 0.25) is 0 Å². The third-order valence-electron chi connectivity index (χ3n) is 3.82. The third-order valence-corrected chi connectivity index (χ3v) is 5.11. The Bertz CT molecular complexity index is 765. The van der Waals surface area contributed by atoms with E-state index in [0.717, 1.165) is 17.7 Å². The summed E-state index contributed by atoms with van der Waals surface area (Å²) in [5.41, 5.74) is 1.55. The molecule has 3 aromatic rings. The molecule has 4 rings (SSSR count). The fourth-order valence-corrected chi connectivity index (χ4v) is 4.06. The molecular weight excluding hydrogens is 275 g/mol. The lowest BCUT2D eigenvalue weighted by molar-refractivity contribution is 0.195. The first-order valence-electron chi connectivity index (χ1n) is 6.70. The summed E-state index contributed by atoms with van der Waals surface area (Å²) in [6, 6.07) is 8.56. The second-order valence-corrected chi connectivity index (χ2v) is 6.33. The largest absolute Gasteiger partial charge is 0.455 e. The minimum absolute atomic E-state index is 0.214. The van der Waals surface area contributed by atoms with Crippen LogP contribution in [-0.4, -0.2) is 5.11 Å². The molecule has 0 amide bonds. The van der Waals surface area contributed by atoms with Crippen molar-refractivity contribution in [2.24, 2.45) is 0 Å². The van der Waals surface area contributed by atoms with Gasteiger partial charge in [-0.2, -0.15) is 0 Å². The number of thiophene rings is 1. The van der Waals surface area contributed by atoms with E-state index in [-0.39, 0.29) is 5.58 Å². The van der Waals surface area contributed by atoms with E-state index in [1.54, 1.807) is 29.5 Å². The number of hydrogen-bond donors (Lipinski definition) is 1. The molecule has 2 heterocycles. The number of halogens is 1. The molecule has 102 valence electrons. The second-order valence-electron chi connectivity index (χ2n) is 5.16. The number of furan rings is 1. The number of rotatable bonds is 2. The van der Waals surface area contributed by atoms with E-state index < -0.39 is 11.9 Å². The van der Waals surface area contributed by atoms with Gasteiger partial charge in [0.15, 0.2) is 11.4 Å². The Labute approximate surface area is 119 Å². The molecule has 1 atom stereocenters. The predicted molar refractivity (Wildman–Crippen MR) is 76.6 cm³/mol. The Morgan fingerprint density at radius 2 is 2.15 bits per heavy atom. The lowest BCUT2D eigenvalue weighted by Crippen LogP contribution is -1.94. The van der Waals surface area contributed by atoms with Crippen LogP contribution in [0.1, 0.15) is 33.6 Å². The number of para-hydroxylation sites is 1. The summed E-state index contributed by atoms with van der Waals surface area (Å²) in [5, 5.41) is 11.1. The van der Waals surface area contributed by atoms with Crippen LogP contribution in [0.15, 0.2) is 34.7 Å². The average Bonchev–Trinajstić information content (AvgIpc) is 3.11. The molecule has 4 heteroatoms. The fraction of sp³-hybridized carbons (Fsp3) is 0.250. The van der Waals surface area contributed by atoms with E-state index in [0.29, 0.717) is 11.1 Å². The van der Waals surface area contributed by atoms with Crippen LogP contribution < -0.4 is 0 Å². The van der Waals surface area contributed by atoms with Gasteiger partial charge in [-0.15, -0.1) is 11.3 Å². The number of aliphatic hydroxyl groups is 1. The smallest absolute Gasteiger partial charge is 0.170 e. The molecule has 0 saturated carbocycles. The molecule has 0 bridgehead atoms. The van der Waals surface area contributed by atoms with Crippen LogP contribution >= 0.6 is 11.3 Å². The van der Waals surface area contributed by atoms with Crippen LogP contribution in [0.3, 0.4) is 0 Å². The lowest BCUT2D eigenvalue weighted by atomic mass is 10.1. The summed E-state index contributed by atoms with van der Waals surface area (Å²) in [6.07, 6.45) is 2.58. The van der Waals surface area contributed by atoms with E-state index in [1.807, 2.05) is 0 Å². The van der Waals surface area contributed by atoms with Crippen LogP contribution in [0.5, 0.6) is 0 Å². The van der Waals surface area contributed by atoms with Gasteiger partial charge in [0.05, 0.1) is 0 Å². The normalized spacial score (nSPS) is 15.7. The Morgan fingerprint density at radius 3 is 2.95 bits per heavy atom. The maximum atomic E-state index is 13.6. The minimum atomic E-state index is -0.808. The summed E-state index contributed by atoms with van der Waals surface area (Å²) < 4.78 is 19.1. The first-order chi connectivity index (χ1) is 9.72. The summed E-state index contributed by atoms with van der Waals surface area (Å²) in [4.78, 5) is 2.25. The van der Waals surface area contributed by atoms with E-state index in [4.69, 9.17) is 4.42 Å². The number of hydrogen-bond acceptors (Lipinski definition) is 3. The highest BCUT2D eigenvalue weighted by atomic mass is 32.1. The van der Waals surface area contributed by atoms with Crippen molar-refractivity contribution in [3.63, 3.8) is 0 Å². The number of aliphatic hydroxyl groups excluding tert-OH is 1. The van der Waals surface area contributed by atoms with E-state index in [1.165, 1.54) is 22.9 Å². The van der Waals surface area contributed by atoms with Gasteiger partial charge in [-0.05, 0) is 43.0 Å². The summed E-state index contributed by atoms with van der Waals surface area (Å²) in [7, 11) is 0. The van der Waals surface area contributed by atoms with Crippen molar-refractivity contribution in [2.45, 2.75) is 25.4 Å². The molecule has 0 aliphatic heterocycles. The zero-order valence-electron chi connectivity index (χ0n) is 10.7. The molecule has 1 aliphatic carbocycles. The Balaban J connectivity index is 1.75. The van der Waals surface area contributed by atoms with Gasteiger partial charge in [-0.3, -0.25) is 0 Å². The van der Waals surface area contributed by atoms with Crippen molar-refractivity contribution in [2.75, 3.05) is 0 Å². The summed E-state index contributed by atoms with van der Waals surface area (Å²) in [5.74, 6) is 0.0136. The molecule has 0 radical (unpaired) electrons. The second kappa shape index (κ2) is 4.43. The SMILES string of the molecule is OC(c1cc2cccc(F)c2o1)c1cc2c(s1)CCC2. The van der Waals surface area contributed by atoms with Gasteiger partial charge in [-0.1, -0.05) is 12.1 Å². The maximum absolute atomic E-state index is 13.6. The van der Waals surface area contributed by atoms with Gasteiger partial charge in [-0.25, -0.2) is 4.39 Å². The lowest BCUT2D eigenvalue weighted by Gasteiger charge is -2.04. The van der Waals surface area contributed by atoms with E-state index in [9.17, 15) is 9.50 Å². The quantitative estimate of drug-likeness (QED) is 0.766. The molecule has 0 saturated heterocycles. The number of aryl methyl sites for hydroxylation is 2. The van der Waals surface area contributed by atoms with Crippen LogP contribution in [0, 0.1) is 5.82 Å². The molecule has 1 aliphatic rings. The molecule has 2 aromatic heterocycles. The van der Waals surface area contributed by atoms with Crippen molar-refractivity contribution >= 4 is 22.3 Å². The van der Waals surface area contributed by atoms with Crippen molar-refractivity contribution < 1.29 is 13.9 Å². The molecule has 0 spiro atoms. The standard InChI is InChI=1S/C16H13FO2S/c17-11-5-1-4-10-7-12(19-16(10)11)15(18)14-8-9-3-2-6-13(9)20-14/h1,4-5,7-8,15,18H,2-3,6H2. The Hall–Kier alpha value is -1.65.